The Morgan fingerprint density at radius 1 is 1.14 bits per heavy atom. The van der Waals surface area contributed by atoms with Crippen molar-refractivity contribution in [1.29, 1.82) is 0 Å². The second kappa shape index (κ2) is 5.92. The van der Waals surface area contributed by atoms with Gasteiger partial charge in [0.2, 0.25) is 0 Å². The third kappa shape index (κ3) is 2.38. The van der Waals surface area contributed by atoms with Crippen molar-refractivity contribution < 1.29 is 0 Å². The molecule has 2 aliphatic rings. The molecule has 0 N–H and O–H groups in total. The van der Waals surface area contributed by atoms with E-state index in [-0.39, 0.29) is 0 Å². The molecule has 2 aromatic rings. The Morgan fingerprint density at radius 3 is 2.73 bits per heavy atom. The van der Waals surface area contributed by atoms with Crippen molar-refractivity contribution in [2.24, 2.45) is 0 Å². The molecule has 0 amide bonds. The molecule has 2 atom stereocenters. The Morgan fingerprint density at radius 2 is 1.95 bits per heavy atom. The van der Waals surface area contributed by atoms with Gasteiger partial charge in [-0.25, -0.2) is 0 Å². The van der Waals surface area contributed by atoms with Crippen LogP contribution < -0.4 is 0 Å². The van der Waals surface area contributed by atoms with Crippen LogP contribution in [-0.2, 0) is 0 Å². The first-order chi connectivity index (χ1) is 10.8. The molecule has 3 heteroatoms. The van der Waals surface area contributed by atoms with E-state index in [9.17, 15) is 0 Å². The molecule has 1 nitrogen and oxygen atoms in total. The largest absolute Gasteiger partial charge is 0.295 e. The second-order valence-corrected chi connectivity index (χ2v) is 7.51. The summed E-state index contributed by atoms with van der Waals surface area (Å²) in [6.45, 7) is 2.32. The van der Waals surface area contributed by atoms with Crippen molar-refractivity contribution >= 4 is 23.4 Å². The highest BCUT2D eigenvalue weighted by Crippen LogP contribution is 2.46. The number of rotatable bonds is 2. The highest BCUT2D eigenvalue weighted by atomic mass is 35.5. The highest BCUT2D eigenvalue weighted by molar-refractivity contribution is 7.98. The van der Waals surface area contributed by atoms with E-state index >= 15 is 0 Å². The summed E-state index contributed by atoms with van der Waals surface area (Å²) in [5, 5.41) is 0.944. The average Bonchev–Trinajstić information content (AvgIpc) is 3.02. The lowest BCUT2D eigenvalue weighted by Gasteiger charge is -2.38. The predicted octanol–water partition coefficient (Wildman–Crippen LogP) is 5.34. The first-order valence-corrected chi connectivity index (χ1v) is 9.54. The first-order valence-electron chi connectivity index (χ1n) is 7.94. The van der Waals surface area contributed by atoms with E-state index < -0.39 is 0 Å². The summed E-state index contributed by atoms with van der Waals surface area (Å²) >= 11 is 8.38. The lowest BCUT2D eigenvalue weighted by molar-refractivity contribution is 0.230. The molecule has 2 aromatic carbocycles. The minimum atomic E-state index is 0.443. The fourth-order valence-electron chi connectivity index (χ4n) is 4.03. The van der Waals surface area contributed by atoms with Gasteiger partial charge in [0.15, 0.2) is 0 Å². The molecule has 22 heavy (non-hydrogen) atoms. The Bertz CT molecular complexity index is 682. The molecule has 1 unspecified atom stereocenters. The van der Waals surface area contributed by atoms with Crippen LogP contribution in [0.2, 0.25) is 5.02 Å². The lowest BCUT2D eigenvalue weighted by atomic mass is 9.81. The van der Waals surface area contributed by atoms with Gasteiger partial charge in [0.05, 0.1) is 0 Å². The Kier molecular flexibility index (Phi) is 3.93. The Hall–Kier alpha value is -0.960. The van der Waals surface area contributed by atoms with Crippen LogP contribution in [0, 0.1) is 0 Å². The van der Waals surface area contributed by atoms with Crippen LogP contribution in [0.3, 0.4) is 0 Å². The molecule has 4 rings (SSSR count). The fourth-order valence-corrected chi connectivity index (χ4v) is 4.75. The second-order valence-electron chi connectivity index (χ2n) is 6.22. The number of benzene rings is 2. The van der Waals surface area contributed by atoms with E-state index in [4.69, 9.17) is 11.6 Å². The Labute approximate surface area is 141 Å². The standard InChI is InChI=1S/C19H20ClNS/c1-22-14-9-7-13(8-10-14)16-12-21-11-3-6-18(21)19-15(16)4-2-5-17(19)20/h2,4-5,7-10,16,18H,3,6,11-12H2,1H3/t16?,18-/m0/s1. The van der Waals surface area contributed by atoms with Gasteiger partial charge in [0.1, 0.15) is 0 Å². The minimum absolute atomic E-state index is 0.443. The summed E-state index contributed by atoms with van der Waals surface area (Å²) in [6.07, 6.45) is 4.65. The van der Waals surface area contributed by atoms with Crippen LogP contribution in [0.4, 0.5) is 0 Å². The van der Waals surface area contributed by atoms with Gasteiger partial charge in [0, 0.05) is 28.4 Å². The van der Waals surface area contributed by atoms with Crippen LogP contribution in [0.1, 0.15) is 41.5 Å². The molecule has 2 heterocycles. The summed E-state index contributed by atoms with van der Waals surface area (Å²) in [7, 11) is 0. The smallest absolute Gasteiger partial charge is 0.0456 e. The molecule has 0 aromatic heterocycles. The van der Waals surface area contributed by atoms with Gasteiger partial charge in [-0.1, -0.05) is 35.9 Å². The quantitative estimate of drug-likeness (QED) is 0.684. The van der Waals surface area contributed by atoms with E-state index in [0.29, 0.717) is 12.0 Å². The van der Waals surface area contributed by atoms with Gasteiger partial charge in [-0.15, -0.1) is 11.8 Å². The monoisotopic (exact) mass is 329 g/mol. The van der Waals surface area contributed by atoms with Crippen molar-refractivity contribution in [1.82, 2.24) is 4.90 Å². The normalized spacial score (nSPS) is 24.1. The molecular weight excluding hydrogens is 310 g/mol. The van der Waals surface area contributed by atoms with Crippen molar-refractivity contribution in [3.05, 3.63) is 64.2 Å². The average molecular weight is 330 g/mol. The first kappa shape index (κ1) is 14.6. The number of halogens is 1. The highest BCUT2D eigenvalue weighted by Gasteiger charge is 2.37. The number of thioether (sulfide) groups is 1. The van der Waals surface area contributed by atoms with E-state index in [1.807, 2.05) is 0 Å². The maximum absolute atomic E-state index is 6.58. The minimum Gasteiger partial charge on any atom is -0.295 e. The van der Waals surface area contributed by atoms with Gasteiger partial charge in [-0.3, -0.25) is 4.90 Å². The van der Waals surface area contributed by atoms with Crippen molar-refractivity contribution in [2.75, 3.05) is 19.3 Å². The molecular formula is C19H20ClNS. The van der Waals surface area contributed by atoms with Crippen LogP contribution in [0.25, 0.3) is 0 Å². The topological polar surface area (TPSA) is 3.24 Å². The van der Waals surface area contributed by atoms with Gasteiger partial charge in [0.25, 0.3) is 0 Å². The summed E-state index contributed by atoms with van der Waals surface area (Å²) in [4.78, 5) is 3.95. The molecule has 0 bridgehead atoms. The fraction of sp³-hybridized carbons (Fsp3) is 0.368. The zero-order valence-electron chi connectivity index (χ0n) is 12.8. The van der Waals surface area contributed by atoms with Crippen molar-refractivity contribution in [2.45, 2.75) is 29.7 Å². The van der Waals surface area contributed by atoms with Crippen molar-refractivity contribution in [3.63, 3.8) is 0 Å². The zero-order chi connectivity index (χ0) is 15.1. The number of fused-ring (bicyclic) bond motifs is 3. The summed E-state index contributed by atoms with van der Waals surface area (Å²) in [5.41, 5.74) is 4.23. The van der Waals surface area contributed by atoms with Gasteiger partial charge in [-0.2, -0.15) is 0 Å². The van der Waals surface area contributed by atoms with Gasteiger partial charge >= 0.3 is 0 Å². The van der Waals surface area contributed by atoms with Gasteiger partial charge in [-0.05, 0) is 60.5 Å². The molecule has 1 saturated heterocycles. The van der Waals surface area contributed by atoms with E-state index in [1.165, 1.54) is 41.0 Å². The number of hydrogen-bond acceptors (Lipinski definition) is 2. The van der Waals surface area contributed by atoms with Crippen molar-refractivity contribution in [3.8, 4) is 0 Å². The zero-order valence-corrected chi connectivity index (χ0v) is 14.3. The third-order valence-corrected chi connectivity index (χ3v) is 6.17. The number of hydrogen-bond donors (Lipinski definition) is 0. The molecule has 1 fully saturated rings. The van der Waals surface area contributed by atoms with E-state index in [2.05, 4.69) is 53.6 Å². The third-order valence-electron chi connectivity index (χ3n) is 5.09. The summed E-state index contributed by atoms with van der Waals surface area (Å²) < 4.78 is 0. The maximum atomic E-state index is 6.58. The summed E-state index contributed by atoms with van der Waals surface area (Å²) in [5.74, 6) is 0.443. The molecule has 0 radical (unpaired) electrons. The van der Waals surface area contributed by atoms with Crippen LogP contribution >= 0.6 is 23.4 Å². The number of nitrogens with zero attached hydrogens (tertiary/aromatic N) is 1. The molecule has 2 aliphatic heterocycles. The summed E-state index contributed by atoms with van der Waals surface area (Å²) in [6, 6.07) is 16.0. The lowest BCUT2D eigenvalue weighted by Crippen LogP contribution is -2.34. The Balaban J connectivity index is 1.80. The van der Waals surface area contributed by atoms with E-state index in [0.717, 1.165) is 11.6 Å². The van der Waals surface area contributed by atoms with Crippen LogP contribution in [0.5, 0.6) is 0 Å². The van der Waals surface area contributed by atoms with Crippen LogP contribution in [0.15, 0.2) is 47.4 Å². The SMILES string of the molecule is CSc1ccc(C2CN3CCC[C@H]3c3c(Cl)cccc32)cc1. The van der Waals surface area contributed by atoms with Crippen LogP contribution in [-0.4, -0.2) is 24.2 Å². The molecule has 114 valence electrons. The predicted molar refractivity (Wildman–Crippen MR) is 95.1 cm³/mol. The molecule has 0 spiro atoms. The van der Waals surface area contributed by atoms with Gasteiger partial charge < -0.3 is 0 Å². The molecule has 0 saturated carbocycles. The van der Waals surface area contributed by atoms with E-state index in [1.54, 1.807) is 11.8 Å². The molecule has 0 aliphatic carbocycles. The maximum Gasteiger partial charge on any atom is 0.0456 e.